The van der Waals surface area contributed by atoms with E-state index in [1.54, 1.807) is 7.11 Å². The minimum Gasteiger partial charge on any atom is -0.468 e. The second kappa shape index (κ2) is 7.45. The molecule has 20 heavy (non-hydrogen) atoms. The molecule has 2 rings (SSSR count). The fourth-order valence-electron chi connectivity index (χ4n) is 1.96. The van der Waals surface area contributed by atoms with Gasteiger partial charge in [0.15, 0.2) is 6.79 Å². The third-order valence-corrected chi connectivity index (χ3v) is 3.33. The maximum atomic E-state index is 5.49. The monoisotopic (exact) mass is 380 g/mol. The number of methoxy groups -OCH3 is 1. The lowest BCUT2D eigenvalue weighted by Crippen LogP contribution is -1.99. The molecule has 0 aliphatic rings. The number of benzene rings is 2. The Bertz CT molecular complexity index is 588. The van der Waals surface area contributed by atoms with E-state index in [9.17, 15) is 0 Å². The summed E-state index contributed by atoms with van der Waals surface area (Å²) in [6.07, 6.45) is 2.08. The first-order chi connectivity index (χ1) is 9.74. The van der Waals surface area contributed by atoms with Gasteiger partial charge in [0.1, 0.15) is 5.75 Å². The van der Waals surface area contributed by atoms with Gasteiger partial charge in [-0.3, -0.25) is 0 Å². The molecule has 3 heteroatoms. The zero-order chi connectivity index (χ0) is 14.4. The summed E-state index contributed by atoms with van der Waals surface area (Å²) in [5.74, 6) is 0.812. The van der Waals surface area contributed by atoms with Crippen LogP contribution in [0.25, 0.3) is 17.2 Å². The fraction of sp³-hybridized carbons (Fsp3) is 0.176. The van der Waals surface area contributed by atoms with Crippen LogP contribution in [0.3, 0.4) is 0 Å². The molecular weight excluding hydrogens is 363 g/mol. The van der Waals surface area contributed by atoms with Gasteiger partial charge in [0.05, 0.1) is 0 Å². The maximum Gasteiger partial charge on any atom is 0.188 e. The van der Waals surface area contributed by atoms with E-state index < -0.39 is 0 Å². The van der Waals surface area contributed by atoms with E-state index in [1.165, 1.54) is 16.7 Å². The number of hydrogen-bond donors (Lipinski definition) is 0. The van der Waals surface area contributed by atoms with E-state index >= 15 is 0 Å². The highest BCUT2D eigenvalue weighted by Gasteiger charge is 2.05. The van der Waals surface area contributed by atoms with Gasteiger partial charge >= 0.3 is 0 Å². The summed E-state index contributed by atoms with van der Waals surface area (Å²) in [6, 6.07) is 14.6. The van der Waals surface area contributed by atoms with Gasteiger partial charge in [0.25, 0.3) is 0 Å². The first kappa shape index (κ1) is 15.1. The van der Waals surface area contributed by atoms with Gasteiger partial charge in [-0.25, -0.2) is 0 Å². The minimum atomic E-state index is 0.261. The molecule has 2 aromatic rings. The van der Waals surface area contributed by atoms with Crippen molar-refractivity contribution in [2.24, 2.45) is 0 Å². The molecule has 0 fully saturated rings. The van der Waals surface area contributed by atoms with Crippen molar-refractivity contribution >= 4 is 28.7 Å². The molecule has 0 spiro atoms. The van der Waals surface area contributed by atoms with Crippen LogP contribution in [0, 0.1) is 6.92 Å². The summed E-state index contributed by atoms with van der Waals surface area (Å²) in [7, 11) is 1.62. The van der Waals surface area contributed by atoms with E-state index in [2.05, 4.69) is 65.9 Å². The molecule has 104 valence electrons. The largest absolute Gasteiger partial charge is 0.468 e. The summed E-state index contributed by atoms with van der Waals surface area (Å²) in [5, 5.41) is 0. The maximum absolute atomic E-state index is 5.49. The normalized spacial score (nSPS) is 10.9. The zero-order valence-corrected chi connectivity index (χ0v) is 13.8. The van der Waals surface area contributed by atoms with Crippen LogP contribution in [0.5, 0.6) is 5.75 Å². The van der Waals surface area contributed by atoms with Crippen molar-refractivity contribution in [2.45, 2.75) is 6.92 Å². The molecule has 2 aromatic carbocycles. The van der Waals surface area contributed by atoms with Crippen LogP contribution < -0.4 is 4.74 Å². The SMILES string of the molecule is COCOc1ccc(-c2ccc(C)cc2)c(/C=C/I)c1. The highest BCUT2D eigenvalue weighted by Crippen LogP contribution is 2.29. The van der Waals surface area contributed by atoms with Gasteiger partial charge in [-0.15, -0.1) is 0 Å². The van der Waals surface area contributed by atoms with Crippen LogP contribution in [0.4, 0.5) is 0 Å². The molecule has 0 atom stereocenters. The Morgan fingerprint density at radius 3 is 2.50 bits per heavy atom. The molecule has 0 heterocycles. The first-order valence-electron chi connectivity index (χ1n) is 6.34. The van der Waals surface area contributed by atoms with E-state index in [-0.39, 0.29) is 6.79 Å². The van der Waals surface area contributed by atoms with E-state index in [1.807, 2.05) is 16.2 Å². The molecule has 0 amide bonds. The number of rotatable bonds is 5. The molecule has 0 N–H and O–H groups in total. The third-order valence-electron chi connectivity index (χ3n) is 2.97. The second-order valence-corrected chi connectivity index (χ2v) is 5.18. The fourth-order valence-corrected chi connectivity index (χ4v) is 2.35. The quantitative estimate of drug-likeness (QED) is 0.534. The van der Waals surface area contributed by atoms with Gasteiger partial charge in [0, 0.05) is 7.11 Å². The van der Waals surface area contributed by atoms with Crippen molar-refractivity contribution in [3.8, 4) is 16.9 Å². The molecule has 0 saturated heterocycles. The Hall–Kier alpha value is -1.33. The molecule has 0 aromatic heterocycles. The Morgan fingerprint density at radius 1 is 1.10 bits per heavy atom. The molecule has 0 radical (unpaired) electrons. The number of ether oxygens (including phenoxy) is 2. The smallest absolute Gasteiger partial charge is 0.188 e. The predicted octanol–water partition coefficient (Wildman–Crippen LogP) is 5.05. The molecular formula is C17H17IO2. The number of aryl methyl sites for hydroxylation is 1. The number of halogens is 1. The van der Waals surface area contributed by atoms with E-state index in [4.69, 9.17) is 9.47 Å². The van der Waals surface area contributed by atoms with Gasteiger partial charge in [-0.1, -0.05) is 58.5 Å². The van der Waals surface area contributed by atoms with Gasteiger partial charge in [-0.2, -0.15) is 0 Å². The highest BCUT2D eigenvalue weighted by atomic mass is 127. The second-order valence-electron chi connectivity index (χ2n) is 4.46. The van der Waals surface area contributed by atoms with Crippen LogP contribution in [-0.4, -0.2) is 13.9 Å². The van der Waals surface area contributed by atoms with Crippen molar-refractivity contribution in [2.75, 3.05) is 13.9 Å². The van der Waals surface area contributed by atoms with Crippen molar-refractivity contribution in [1.82, 2.24) is 0 Å². The zero-order valence-electron chi connectivity index (χ0n) is 11.6. The Kier molecular flexibility index (Phi) is 5.61. The van der Waals surface area contributed by atoms with Gasteiger partial charge in [-0.05, 0) is 45.9 Å². The van der Waals surface area contributed by atoms with Crippen LogP contribution in [0.15, 0.2) is 46.5 Å². The average Bonchev–Trinajstić information content (AvgIpc) is 2.47. The van der Waals surface area contributed by atoms with Crippen molar-refractivity contribution in [1.29, 1.82) is 0 Å². The first-order valence-corrected chi connectivity index (χ1v) is 7.58. The van der Waals surface area contributed by atoms with Crippen LogP contribution in [0.2, 0.25) is 0 Å². The van der Waals surface area contributed by atoms with Crippen molar-refractivity contribution < 1.29 is 9.47 Å². The molecule has 0 saturated carbocycles. The Labute approximate surface area is 133 Å². The molecule has 0 aliphatic carbocycles. The molecule has 0 bridgehead atoms. The molecule has 0 unspecified atom stereocenters. The van der Waals surface area contributed by atoms with Gasteiger partial charge < -0.3 is 9.47 Å². The summed E-state index contributed by atoms with van der Waals surface area (Å²) >= 11 is 2.23. The minimum absolute atomic E-state index is 0.261. The number of hydrogen-bond acceptors (Lipinski definition) is 2. The van der Waals surface area contributed by atoms with Crippen molar-refractivity contribution in [3.63, 3.8) is 0 Å². The molecule has 2 nitrogen and oxygen atoms in total. The lowest BCUT2D eigenvalue weighted by molar-refractivity contribution is 0.0511. The molecule has 0 aliphatic heterocycles. The summed E-state index contributed by atoms with van der Waals surface area (Å²) in [6.45, 7) is 2.36. The lowest BCUT2D eigenvalue weighted by atomic mass is 9.98. The Morgan fingerprint density at radius 2 is 1.85 bits per heavy atom. The Balaban J connectivity index is 2.39. The van der Waals surface area contributed by atoms with Crippen molar-refractivity contribution in [3.05, 3.63) is 57.7 Å². The topological polar surface area (TPSA) is 18.5 Å². The van der Waals surface area contributed by atoms with E-state index in [0.29, 0.717) is 0 Å². The van der Waals surface area contributed by atoms with Gasteiger partial charge in [0.2, 0.25) is 0 Å². The lowest BCUT2D eigenvalue weighted by Gasteiger charge is -2.10. The van der Waals surface area contributed by atoms with Crippen LogP contribution in [-0.2, 0) is 4.74 Å². The van der Waals surface area contributed by atoms with Crippen LogP contribution >= 0.6 is 22.6 Å². The van der Waals surface area contributed by atoms with E-state index in [0.717, 1.165) is 11.3 Å². The standard InChI is InChI=1S/C17H17IO2/c1-13-3-5-14(6-4-13)17-8-7-16(20-12-19-2)11-15(17)9-10-18/h3-11H,12H2,1-2H3/b10-9+. The predicted molar refractivity (Wildman–Crippen MR) is 92.2 cm³/mol. The third kappa shape index (κ3) is 3.84. The summed E-state index contributed by atoms with van der Waals surface area (Å²) in [4.78, 5) is 0. The summed E-state index contributed by atoms with van der Waals surface area (Å²) < 4.78 is 12.4. The average molecular weight is 380 g/mol. The van der Waals surface area contributed by atoms with Crippen LogP contribution in [0.1, 0.15) is 11.1 Å². The highest BCUT2D eigenvalue weighted by molar-refractivity contribution is 14.1. The summed E-state index contributed by atoms with van der Waals surface area (Å²) in [5.41, 5.74) is 4.80.